The van der Waals surface area contributed by atoms with Crippen molar-refractivity contribution in [3.05, 3.63) is 39.5 Å². The average Bonchev–Trinajstić information content (AvgIpc) is 2.77. The molecule has 0 atom stereocenters. The van der Waals surface area contributed by atoms with Crippen LogP contribution in [0.4, 0.5) is 5.69 Å². The summed E-state index contributed by atoms with van der Waals surface area (Å²) in [7, 11) is -4.02. The molecule has 0 saturated heterocycles. The molecule has 0 amide bonds. The number of carboxylic acids is 1. The van der Waals surface area contributed by atoms with Crippen LogP contribution >= 0.6 is 27.5 Å². The lowest BCUT2D eigenvalue weighted by Gasteiger charge is -2.07. The Bertz CT molecular complexity index is 818. The smallest absolute Gasteiger partial charge is 0.371 e. The molecule has 0 aliphatic rings. The van der Waals surface area contributed by atoms with Crippen molar-refractivity contribution in [3.8, 4) is 0 Å². The van der Waals surface area contributed by atoms with Crippen molar-refractivity contribution in [2.45, 2.75) is 11.8 Å². The van der Waals surface area contributed by atoms with Crippen LogP contribution in [0.25, 0.3) is 0 Å². The minimum atomic E-state index is -4.02. The van der Waals surface area contributed by atoms with E-state index in [1.807, 2.05) is 0 Å². The Kier molecular flexibility index (Phi) is 4.26. The number of nitrogens with zero attached hydrogens (tertiary/aromatic N) is 1. The lowest BCUT2D eigenvalue weighted by Crippen LogP contribution is -2.13. The first-order valence-corrected chi connectivity index (χ1v) is 8.03. The van der Waals surface area contributed by atoms with Crippen LogP contribution in [0.2, 0.25) is 5.15 Å². The van der Waals surface area contributed by atoms with Crippen LogP contribution in [-0.4, -0.2) is 24.5 Å². The summed E-state index contributed by atoms with van der Waals surface area (Å²) in [5.74, 6) is -1.87. The molecule has 2 aromatic heterocycles. The summed E-state index contributed by atoms with van der Waals surface area (Å²) in [4.78, 5) is 14.3. The molecule has 2 aromatic rings. The fraction of sp³-hybridized carbons (Fsp3) is 0.0909. The fourth-order valence-electron chi connectivity index (χ4n) is 1.46. The summed E-state index contributed by atoms with van der Waals surface area (Å²) in [5.41, 5.74) is 0.788. The molecule has 7 nitrogen and oxygen atoms in total. The molecule has 0 aliphatic carbocycles. The minimum Gasteiger partial charge on any atom is -0.475 e. The fourth-order valence-corrected chi connectivity index (χ4v) is 3.54. The number of carboxylic acid groups (broad SMARTS) is 1. The van der Waals surface area contributed by atoms with Crippen LogP contribution in [0.15, 0.2) is 32.3 Å². The third-order valence-electron chi connectivity index (χ3n) is 2.42. The highest BCUT2D eigenvalue weighted by Crippen LogP contribution is 2.28. The van der Waals surface area contributed by atoms with Crippen LogP contribution in [-0.2, 0) is 10.0 Å². The predicted octanol–water partition coefficient (Wildman–Crippen LogP) is 2.90. The van der Waals surface area contributed by atoms with Gasteiger partial charge in [0.15, 0.2) is 4.67 Å². The first-order valence-electron chi connectivity index (χ1n) is 5.38. The highest BCUT2D eigenvalue weighted by atomic mass is 79.9. The molecule has 0 bridgehead atoms. The number of hydrogen-bond donors (Lipinski definition) is 2. The molecular weight excluding hydrogens is 388 g/mol. The van der Waals surface area contributed by atoms with E-state index in [0.717, 1.165) is 6.07 Å². The summed E-state index contributed by atoms with van der Waals surface area (Å²) >= 11 is 8.63. The summed E-state index contributed by atoms with van der Waals surface area (Å²) in [5, 5.41) is 9.05. The predicted molar refractivity (Wildman–Crippen MR) is 78.2 cm³/mol. The number of hydrogen-bond acceptors (Lipinski definition) is 5. The van der Waals surface area contributed by atoms with Gasteiger partial charge in [0.1, 0.15) is 10.0 Å². The molecule has 112 valence electrons. The largest absolute Gasteiger partial charge is 0.475 e. The molecule has 0 radical (unpaired) electrons. The Morgan fingerprint density at radius 3 is 2.67 bits per heavy atom. The molecule has 2 heterocycles. The molecule has 21 heavy (non-hydrogen) atoms. The zero-order valence-corrected chi connectivity index (χ0v) is 13.6. The van der Waals surface area contributed by atoms with Crippen molar-refractivity contribution in [1.29, 1.82) is 0 Å². The van der Waals surface area contributed by atoms with Gasteiger partial charge < -0.3 is 9.52 Å². The van der Waals surface area contributed by atoms with Gasteiger partial charge in [-0.2, -0.15) is 0 Å². The van der Waals surface area contributed by atoms with Crippen molar-refractivity contribution in [3.63, 3.8) is 0 Å². The number of anilines is 1. The van der Waals surface area contributed by atoms with E-state index in [1.165, 1.54) is 12.3 Å². The number of carbonyl (C=O) groups is 1. The Balaban J connectivity index is 2.38. The molecule has 0 spiro atoms. The topological polar surface area (TPSA) is 110 Å². The number of aromatic nitrogens is 1. The van der Waals surface area contributed by atoms with E-state index in [1.54, 1.807) is 6.92 Å². The van der Waals surface area contributed by atoms with E-state index >= 15 is 0 Å². The number of rotatable bonds is 4. The second-order valence-corrected chi connectivity index (χ2v) is 6.72. The summed E-state index contributed by atoms with van der Waals surface area (Å²) in [6.07, 6.45) is 1.25. The van der Waals surface area contributed by atoms with Crippen LogP contribution in [0.1, 0.15) is 16.1 Å². The van der Waals surface area contributed by atoms with Crippen LogP contribution in [0.5, 0.6) is 0 Å². The van der Waals surface area contributed by atoms with Gasteiger partial charge in [0.2, 0.25) is 5.76 Å². The molecule has 0 aliphatic heterocycles. The zero-order valence-electron chi connectivity index (χ0n) is 10.4. The highest BCUT2D eigenvalue weighted by Gasteiger charge is 2.25. The maximum Gasteiger partial charge on any atom is 0.371 e. The number of furan rings is 1. The number of aryl methyl sites for hydroxylation is 1. The van der Waals surface area contributed by atoms with Crippen molar-refractivity contribution in [2.75, 3.05) is 4.72 Å². The average molecular weight is 396 g/mol. The number of halogens is 2. The van der Waals surface area contributed by atoms with Gasteiger partial charge in [0.05, 0.1) is 11.9 Å². The Morgan fingerprint density at radius 2 is 2.14 bits per heavy atom. The third-order valence-corrected chi connectivity index (χ3v) is 5.06. The summed E-state index contributed by atoms with van der Waals surface area (Å²) in [6, 6.07) is 2.41. The van der Waals surface area contributed by atoms with E-state index < -0.39 is 21.8 Å². The van der Waals surface area contributed by atoms with Crippen molar-refractivity contribution < 1.29 is 22.7 Å². The Labute approximate surface area is 133 Å². The molecule has 2 N–H and O–H groups in total. The number of nitrogens with one attached hydrogen (secondary N) is 1. The second-order valence-electron chi connectivity index (χ2n) is 3.99. The van der Waals surface area contributed by atoms with E-state index in [-0.39, 0.29) is 20.4 Å². The van der Waals surface area contributed by atoms with Crippen LogP contribution in [0.3, 0.4) is 0 Å². The molecule has 10 heteroatoms. The van der Waals surface area contributed by atoms with E-state index in [9.17, 15) is 13.2 Å². The lowest BCUT2D eigenvalue weighted by molar-refractivity contribution is 0.0661. The zero-order chi connectivity index (χ0) is 15.8. The van der Waals surface area contributed by atoms with E-state index in [4.69, 9.17) is 21.1 Å². The Morgan fingerprint density at radius 1 is 1.48 bits per heavy atom. The monoisotopic (exact) mass is 394 g/mol. The van der Waals surface area contributed by atoms with Gasteiger partial charge in [0.25, 0.3) is 10.0 Å². The van der Waals surface area contributed by atoms with Gasteiger partial charge in [-0.1, -0.05) is 11.6 Å². The van der Waals surface area contributed by atoms with Gasteiger partial charge >= 0.3 is 5.97 Å². The number of sulfonamides is 1. The minimum absolute atomic E-state index is 0.196. The molecule has 0 aromatic carbocycles. The molecule has 0 saturated carbocycles. The SMILES string of the molecule is Cc1cc(NS(=O)(=O)c2cc(C(=O)O)oc2Br)cnc1Cl. The molecule has 0 fully saturated rings. The van der Waals surface area contributed by atoms with Gasteiger partial charge in [-0.05, 0) is 34.5 Å². The maximum atomic E-state index is 12.2. The van der Waals surface area contributed by atoms with E-state index in [0.29, 0.717) is 5.56 Å². The van der Waals surface area contributed by atoms with Gasteiger partial charge in [0, 0.05) is 6.07 Å². The number of pyridine rings is 1. The molecule has 2 rings (SSSR count). The van der Waals surface area contributed by atoms with Crippen molar-refractivity contribution >= 4 is 49.2 Å². The van der Waals surface area contributed by atoms with Gasteiger partial charge in [-0.25, -0.2) is 18.2 Å². The quantitative estimate of drug-likeness (QED) is 0.770. The first-order chi connectivity index (χ1) is 9.70. The lowest BCUT2D eigenvalue weighted by atomic mass is 10.3. The highest BCUT2D eigenvalue weighted by molar-refractivity contribution is 9.10. The third kappa shape index (κ3) is 3.36. The first kappa shape index (κ1) is 15.8. The van der Waals surface area contributed by atoms with Gasteiger partial charge in [-0.3, -0.25) is 4.72 Å². The van der Waals surface area contributed by atoms with Gasteiger partial charge in [-0.15, -0.1) is 0 Å². The number of aromatic carboxylic acids is 1. The van der Waals surface area contributed by atoms with Crippen molar-refractivity contribution in [2.24, 2.45) is 0 Å². The summed E-state index contributed by atoms with van der Waals surface area (Å²) in [6.45, 7) is 1.67. The summed E-state index contributed by atoms with van der Waals surface area (Å²) < 4.78 is 31.3. The molecule has 0 unspecified atom stereocenters. The van der Waals surface area contributed by atoms with Crippen molar-refractivity contribution in [1.82, 2.24) is 4.98 Å². The normalized spacial score (nSPS) is 11.4. The second kappa shape index (κ2) is 5.66. The van der Waals surface area contributed by atoms with E-state index in [2.05, 4.69) is 25.6 Å². The Hall–Kier alpha value is -1.58. The maximum absolute atomic E-state index is 12.2. The molecular formula is C11H8BrClN2O5S. The van der Waals surface area contributed by atoms with Crippen LogP contribution < -0.4 is 4.72 Å². The standard InChI is InChI=1S/C11H8BrClN2O5S/c1-5-2-6(4-14-10(5)13)15-21(18,19)8-3-7(11(16)17)20-9(8)12/h2-4,15H,1H3,(H,16,17). The van der Waals surface area contributed by atoms with Crippen LogP contribution in [0, 0.1) is 6.92 Å².